The number of rotatable bonds is 8. The Morgan fingerprint density at radius 3 is 2.62 bits per heavy atom. The molecule has 2 rings (SSSR count). The van der Waals surface area contributed by atoms with Gasteiger partial charge in [0.25, 0.3) is 0 Å². The van der Waals surface area contributed by atoms with E-state index in [1.165, 1.54) is 5.56 Å². The first-order chi connectivity index (χ1) is 12.6. The molecule has 6 nitrogen and oxygen atoms in total. The largest absolute Gasteiger partial charge is 0.334 e. The predicted octanol–water partition coefficient (Wildman–Crippen LogP) is 1.84. The second-order valence-electron chi connectivity index (χ2n) is 6.95. The number of urea groups is 1. The van der Waals surface area contributed by atoms with Gasteiger partial charge in [0.15, 0.2) is 0 Å². The summed E-state index contributed by atoms with van der Waals surface area (Å²) in [6.45, 7) is 7.96. The first-order valence-electron chi connectivity index (χ1n) is 9.20. The van der Waals surface area contributed by atoms with Gasteiger partial charge in [-0.2, -0.15) is 0 Å². The van der Waals surface area contributed by atoms with Crippen molar-refractivity contribution in [3.8, 4) is 0 Å². The summed E-state index contributed by atoms with van der Waals surface area (Å²) >= 11 is 0. The van der Waals surface area contributed by atoms with E-state index in [4.69, 9.17) is 0 Å². The van der Waals surface area contributed by atoms with Gasteiger partial charge in [-0.15, -0.1) is 6.58 Å². The lowest BCUT2D eigenvalue weighted by Crippen LogP contribution is -2.46. The number of nitrogens with one attached hydrogen (secondary N) is 2. The predicted molar refractivity (Wildman–Crippen MR) is 104 cm³/mol. The molecular formula is C20H30N4O2. The Kier molecular flexibility index (Phi) is 8.31. The highest BCUT2D eigenvalue weighted by Gasteiger charge is 2.22. The summed E-state index contributed by atoms with van der Waals surface area (Å²) in [6.07, 6.45) is 3.73. The summed E-state index contributed by atoms with van der Waals surface area (Å²) in [5, 5.41) is 4.88. The maximum Gasteiger partial charge on any atom is 0.321 e. The zero-order valence-corrected chi connectivity index (χ0v) is 15.6. The quantitative estimate of drug-likeness (QED) is 0.696. The number of piperidine rings is 1. The highest BCUT2D eigenvalue weighted by Crippen LogP contribution is 2.18. The van der Waals surface area contributed by atoms with Crippen molar-refractivity contribution in [2.45, 2.75) is 19.4 Å². The van der Waals surface area contributed by atoms with Crippen LogP contribution in [-0.2, 0) is 11.3 Å². The van der Waals surface area contributed by atoms with Crippen LogP contribution in [0.1, 0.15) is 18.4 Å². The Morgan fingerprint density at radius 2 is 1.96 bits per heavy atom. The maximum absolute atomic E-state index is 11.9. The third-order valence-corrected chi connectivity index (χ3v) is 4.60. The first kappa shape index (κ1) is 20.1. The van der Waals surface area contributed by atoms with Crippen LogP contribution in [0.15, 0.2) is 43.0 Å². The molecule has 1 aliphatic rings. The molecule has 6 heteroatoms. The highest BCUT2D eigenvalue weighted by molar-refractivity contribution is 5.95. The fourth-order valence-corrected chi connectivity index (χ4v) is 3.31. The topological polar surface area (TPSA) is 64.7 Å². The van der Waals surface area contributed by atoms with E-state index in [1.54, 1.807) is 6.08 Å². The molecule has 0 atom stereocenters. The van der Waals surface area contributed by atoms with Crippen molar-refractivity contribution in [2.75, 3.05) is 39.8 Å². The van der Waals surface area contributed by atoms with Gasteiger partial charge in [0.1, 0.15) is 0 Å². The molecule has 142 valence electrons. The summed E-state index contributed by atoms with van der Waals surface area (Å²) in [5.41, 5.74) is 1.33. The van der Waals surface area contributed by atoms with Crippen molar-refractivity contribution < 1.29 is 9.59 Å². The van der Waals surface area contributed by atoms with Gasteiger partial charge in [-0.05, 0) is 44.5 Å². The minimum atomic E-state index is -0.465. The number of likely N-dealkylation sites (tertiary alicyclic amines) is 1. The Balaban J connectivity index is 1.64. The molecule has 3 amide bonds. The van der Waals surface area contributed by atoms with Crippen LogP contribution < -0.4 is 10.6 Å². The molecule has 0 bridgehead atoms. The number of benzene rings is 1. The summed E-state index contributed by atoms with van der Waals surface area (Å²) in [5.74, 6) is 0.394. The standard InChI is InChI=1S/C20H30N4O2/c1-3-11-21-20(26)22-19(25)16-24-12-9-18(10-13-24)15-23(2)14-17-7-5-4-6-8-17/h3-8,18H,1,9-16H2,2H3,(H2,21,22,25,26). The van der Waals surface area contributed by atoms with E-state index in [0.29, 0.717) is 12.5 Å². The van der Waals surface area contributed by atoms with Gasteiger partial charge in [-0.3, -0.25) is 15.0 Å². The molecule has 0 radical (unpaired) electrons. The van der Waals surface area contributed by atoms with E-state index >= 15 is 0 Å². The summed E-state index contributed by atoms with van der Waals surface area (Å²) < 4.78 is 0. The molecule has 0 saturated carbocycles. The lowest BCUT2D eigenvalue weighted by Gasteiger charge is -2.33. The Hall–Kier alpha value is -2.18. The third kappa shape index (κ3) is 7.37. The van der Waals surface area contributed by atoms with Gasteiger partial charge in [0.2, 0.25) is 5.91 Å². The van der Waals surface area contributed by atoms with Crippen molar-refractivity contribution in [2.24, 2.45) is 5.92 Å². The number of nitrogens with zero attached hydrogens (tertiary/aromatic N) is 2. The van der Waals surface area contributed by atoms with Crippen molar-refractivity contribution in [1.29, 1.82) is 0 Å². The van der Waals surface area contributed by atoms with Crippen LogP contribution in [0, 0.1) is 5.92 Å². The van der Waals surface area contributed by atoms with Gasteiger partial charge in [0, 0.05) is 19.6 Å². The number of carbonyl (C=O) groups excluding carboxylic acids is 2. The van der Waals surface area contributed by atoms with Crippen LogP contribution in [0.5, 0.6) is 0 Å². The van der Waals surface area contributed by atoms with Crippen molar-refractivity contribution in [1.82, 2.24) is 20.4 Å². The van der Waals surface area contributed by atoms with Crippen LogP contribution >= 0.6 is 0 Å². The monoisotopic (exact) mass is 358 g/mol. The van der Waals surface area contributed by atoms with Crippen molar-refractivity contribution in [3.05, 3.63) is 48.6 Å². The number of amides is 3. The van der Waals surface area contributed by atoms with Crippen molar-refractivity contribution >= 4 is 11.9 Å². The van der Waals surface area contributed by atoms with E-state index in [-0.39, 0.29) is 12.5 Å². The number of hydrogen-bond acceptors (Lipinski definition) is 4. The third-order valence-electron chi connectivity index (χ3n) is 4.60. The summed E-state index contributed by atoms with van der Waals surface area (Å²) in [6, 6.07) is 10.0. The van der Waals surface area contributed by atoms with Crippen LogP contribution in [0.3, 0.4) is 0 Å². The molecule has 26 heavy (non-hydrogen) atoms. The fraction of sp³-hybridized carbons (Fsp3) is 0.500. The van der Waals surface area contributed by atoms with E-state index in [1.807, 2.05) is 6.07 Å². The Bertz CT molecular complexity index is 583. The molecule has 0 aromatic heterocycles. The van der Waals surface area contributed by atoms with Gasteiger partial charge >= 0.3 is 6.03 Å². The summed E-state index contributed by atoms with van der Waals surface area (Å²) in [7, 11) is 2.16. The second kappa shape index (κ2) is 10.7. The number of hydrogen-bond donors (Lipinski definition) is 2. The van der Waals surface area contributed by atoms with Crippen molar-refractivity contribution in [3.63, 3.8) is 0 Å². The lowest BCUT2D eigenvalue weighted by atomic mass is 9.96. The Labute approximate surface area is 156 Å². The molecule has 1 aliphatic heterocycles. The first-order valence-corrected chi connectivity index (χ1v) is 9.20. The molecule has 2 N–H and O–H groups in total. The SMILES string of the molecule is C=CCNC(=O)NC(=O)CN1CCC(CN(C)Cc2ccccc2)CC1. The zero-order valence-electron chi connectivity index (χ0n) is 15.6. The molecule has 1 aromatic carbocycles. The van der Waals surface area contributed by atoms with Crippen LogP contribution in [0.2, 0.25) is 0 Å². The maximum atomic E-state index is 11.9. The molecule has 1 fully saturated rings. The summed E-state index contributed by atoms with van der Waals surface area (Å²) in [4.78, 5) is 27.8. The molecule has 0 spiro atoms. The molecular weight excluding hydrogens is 328 g/mol. The van der Waals surface area contributed by atoms with Gasteiger partial charge in [-0.1, -0.05) is 36.4 Å². The minimum Gasteiger partial charge on any atom is -0.334 e. The molecule has 1 heterocycles. The van der Waals surface area contributed by atoms with E-state index < -0.39 is 6.03 Å². The van der Waals surface area contributed by atoms with E-state index in [2.05, 4.69) is 58.3 Å². The Morgan fingerprint density at radius 1 is 1.27 bits per heavy atom. The van der Waals surface area contributed by atoms with Crippen LogP contribution in [0.4, 0.5) is 4.79 Å². The van der Waals surface area contributed by atoms with E-state index in [0.717, 1.165) is 39.0 Å². The lowest BCUT2D eigenvalue weighted by molar-refractivity contribution is -0.121. The molecule has 0 unspecified atom stereocenters. The number of carbonyl (C=O) groups is 2. The molecule has 0 aliphatic carbocycles. The van der Waals surface area contributed by atoms with Gasteiger partial charge < -0.3 is 10.2 Å². The smallest absolute Gasteiger partial charge is 0.321 e. The van der Waals surface area contributed by atoms with Crippen LogP contribution in [0.25, 0.3) is 0 Å². The second-order valence-corrected chi connectivity index (χ2v) is 6.95. The zero-order chi connectivity index (χ0) is 18.8. The molecule has 1 aromatic rings. The molecule has 1 saturated heterocycles. The number of imide groups is 1. The normalized spacial score (nSPS) is 15.6. The highest BCUT2D eigenvalue weighted by atomic mass is 16.2. The van der Waals surface area contributed by atoms with Gasteiger partial charge in [-0.25, -0.2) is 4.79 Å². The minimum absolute atomic E-state index is 0.258. The van der Waals surface area contributed by atoms with Crippen LogP contribution in [-0.4, -0.2) is 61.5 Å². The fourth-order valence-electron chi connectivity index (χ4n) is 3.31. The average Bonchev–Trinajstić information content (AvgIpc) is 2.62. The van der Waals surface area contributed by atoms with E-state index in [9.17, 15) is 9.59 Å². The average molecular weight is 358 g/mol. The van der Waals surface area contributed by atoms with Gasteiger partial charge in [0.05, 0.1) is 6.54 Å².